The smallest absolute Gasteiger partial charge is 0.273 e. The zero-order valence-electron chi connectivity index (χ0n) is 11.7. The second-order valence-electron chi connectivity index (χ2n) is 5.10. The van der Waals surface area contributed by atoms with Gasteiger partial charge in [-0.15, -0.1) is 11.3 Å². The number of amides is 1. The van der Waals surface area contributed by atoms with Crippen molar-refractivity contribution in [2.45, 2.75) is 25.3 Å². The van der Waals surface area contributed by atoms with Crippen molar-refractivity contribution in [3.05, 3.63) is 46.2 Å². The maximum absolute atomic E-state index is 12.7. The molecule has 1 amide bonds. The van der Waals surface area contributed by atoms with Crippen LogP contribution in [0.4, 0.5) is 0 Å². The van der Waals surface area contributed by atoms with Crippen LogP contribution >= 0.6 is 11.3 Å². The maximum atomic E-state index is 12.7. The van der Waals surface area contributed by atoms with Crippen LogP contribution in [0, 0.1) is 0 Å². The molecule has 2 aromatic heterocycles. The molecule has 1 fully saturated rings. The fourth-order valence-electron chi connectivity index (χ4n) is 2.74. The lowest BCUT2D eigenvalue weighted by atomic mass is 10.1. The summed E-state index contributed by atoms with van der Waals surface area (Å²) in [5.41, 5.74) is 7.22. The third-order valence-electron chi connectivity index (χ3n) is 3.73. The van der Waals surface area contributed by atoms with Crippen LogP contribution in [0.2, 0.25) is 0 Å². The average molecular weight is 302 g/mol. The van der Waals surface area contributed by atoms with Crippen LogP contribution in [0.5, 0.6) is 0 Å². The van der Waals surface area contributed by atoms with Crippen LogP contribution in [-0.2, 0) is 6.42 Å². The minimum absolute atomic E-state index is 0.0221. The van der Waals surface area contributed by atoms with Crippen molar-refractivity contribution in [2.24, 2.45) is 5.73 Å². The highest BCUT2D eigenvalue weighted by Gasteiger charge is 2.31. The van der Waals surface area contributed by atoms with Crippen molar-refractivity contribution in [3.8, 4) is 0 Å². The number of nitrogens with zero attached hydrogens (tertiary/aromatic N) is 3. The molecule has 1 saturated heterocycles. The highest BCUT2D eigenvalue weighted by molar-refractivity contribution is 7.09. The van der Waals surface area contributed by atoms with Crippen molar-refractivity contribution >= 4 is 17.2 Å². The first-order chi connectivity index (χ1) is 10.3. The van der Waals surface area contributed by atoms with Crippen LogP contribution < -0.4 is 5.73 Å². The summed E-state index contributed by atoms with van der Waals surface area (Å²) in [5, 5.41) is 2.77. The Kier molecular flexibility index (Phi) is 4.26. The second kappa shape index (κ2) is 6.32. The average Bonchev–Trinajstić information content (AvgIpc) is 3.17. The Morgan fingerprint density at radius 2 is 2.24 bits per heavy atom. The number of aromatic nitrogens is 2. The van der Waals surface area contributed by atoms with E-state index in [-0.39, 0.29) is 11.9 Å². The summed E-state index contributed by atoms with van der Waals surface area (Å²) in [6.07, 6.45) is 6.30. The second-order valence-corrected chi connectivity index (χ2v) is 6.04. The lowest BCUT2D eigenvalue weighted by Gasteiger charge is -2.24. The normalized spacial score (nSPS) is 18.1. The molecule has 0 bridgehead atoms. The van der Waals surface area contributed by atoms with Crippen molar-refractivity contribution in [2.75, 3.05) is 13.1 Å². The Morgan fingerprint density at radius 3 is 3.00 bits per heavy atom. The third-order valence-corrected chi connectivity index (χ3v) is 4.64. The molecule has 0 saturated carbocycles. The zero-order valence-corrected chi connectivity index (χ0v) is 12.6. The molecule has 0 radical (unpaired) electrons. The van der Waals surface area contributed by atoms with Crippen LogP contribution in [0.25, 0.3) is 0 Å². The molecule has 1 unspecified atom stereocenters. The van der Waals surface area contributed by atoms with E-state index in [1.165, 1.54) is 11.3 Å². The molecule has 1 aliphatic rings. The molecule has 1 atom stereocenters. The molecule has 110 valence electrons. The highest BCUT2D eigenvalue weighted by atomic mass is 32.1. The first-order valence-corrected chi connectivity index (χ1v) is 8.03. The lowest BCUT2D eigenvalue weighted by molar-refractivity contribution is 0.0730. The van der Waals surface area contributed by atoms with E-state index >= 15 is 0 Å². The maximum Gasteiger partial charge on any atom is 0.273 e. The molecule has 0 aliphatic carbocycles. The van der Waals surface area contributed by atoms with Gasteiger partial charge in [0.1, 0.15) is 5.69 Å². The standard InChI is InChI=1S/C15H18N4OS/c16-6-3-14-18-12(10-21-14)15(20)19-9-1-2-13(19)11-4-7-17-8-5-11/h4-5,7-8,10,13H,1-3,6,9,16H2. The Bertz CT molecular complexity index is 613. The van der Waals surface area contributed by atoms with Crippen molar-refractivity contribution < 1.29 is 4.79 Å². The predicted molar refractivity (Wildman–Crippen MR) is 82.1 cm³/mol. The summed E-state index contributed by atoms with van der Waals surface area (Å²) in [5.74, 6) is 0.0221. The molecular formula is C15H18N4OS. The number of hydrogen-bond donors (Lipinski definition) is 1. The van der Waals surface area contributed by atoms with E-state index < -0.39 is 0 Å². The van der Waals surface area contributed by atoms with E-state index in [0.29, 0.717) is 12.2 Å². The van der Waals surface area contributed by atoms with Gasteiger partial charge in [0, 0.05) is 30.7 Å². The Morgan fingerprint density at radius 1 is 1.43 bits per heavy atom. The number of hydrogen-bond acceptors (Lipinski definition) is 5. The lowest BCUT2D eigenvalue weighted by Crippen LogP contribution is -2.30. The SMILES string of the molecule is NCCc1nc(C(=O)N2CCCC2c2ccncc2)cs1. The van der Waals surface area contributed by atoms with Gasteiger partial charge in [-0.05, 0) is 37.1 Å². The van der Waals surface area contributed by atoms with E-state index in [0.717, 1.165) is 36.4 Å². The number of thiazole rings is 1. The monoisotopic (exact) mass is 302 g/mol. The van der Waals surface area contributed by atoms with Crippen LogP contribution in [0.15, 0.2) is 29.9 Å². The molecule has 5 nitrogen and oxygen atoms in total. The largest absolute Gasteiger partial charge is 0.330 e. The number of likely N-dealkylation sites (tertiary alicyclic amines) is 1. The highest BCUT2D eigenvalue weighted by Crippen LogP contribution is 2.32. The van der Waals surface area contributed by atoms with Crippen LogP contribution in [0.3, 0.4) is 0 Å². The van der Waals surface area contributed by atoms with Gasteiger partial charge in [-0.1, -0.05) is 0 Å². The van der Waals surface area contributed by atoms with E-state index in [1.807, 2.05) is 22.4 Å². The van der Waals surface area contributed by atoms with Crippen molar-refractivity contribution in [1.29, 1.82) is 0 Å². The molecule has 3 rings (SSSR count). The fourth-order valence-corrected chi connectivity index (χ4v) is 3.52. The zero-order chi connectivity index (χ0) is 14.7. The molecule has 3 heterocycles. The van der Waals surface area contributed by atoms with E-state index in [4.69, 9.17) is 5.73 Å². The number of carbonyl (C=O) groups excluding carboxylic acids is 1. The number of nitrogens with two attached hydrogens (primary N) is 1. The van der Waals surface area contributed by atoms with E-state index in [1.54, 1.807) is 12.4 Å². The van der Waals surface area contributed by atoms with Crippen LogP contribution in [0.1, 0.15) is 39.9 Å². The van der Waals surface area contributed by atoms with Gasteiger partial charge in [-0.3, -0.25) is 9.78 Å². The quantitative estimate of drug-likeness (QED) is 0.938. The van der Waals surface area contributed by atoms with Gasteiger partial charge in [-0.25, -0.2) is 4.98 Å². The first kappa shape index (κ1) is 14.2. The van der Waals surface area contributed by atoms with Gasteiger partial charge in [0.15, 0.2) is 0 Å². The number of rotatable bonds is 4. The van der Waals surface area contributed by atoms with Crippen molar-refractivity contribution in [1.82, 2.24) is 14.9 Å². The Labute approximate surface area is 127 Å². The summed E-state index contributed by atoms with van der Waals surface area (Å²) >= 11 is 1.51. The number of pyridine rings is 1. The van der Waals surface area contributed by atoms with Gasteiger partial charge < -0.3 is 10.6 Å². The van der Waals surface area contributed by atoms with Gasteiger partial charge in [0.2, 0.25) is 0 Å². The Balaban J connectivity index is 1.79. The molecule has 0 aromatic carbocycles. The van der Waals surface area contributed by atoms with Crippen molar-refractivity contribution in [3.63, 3.8) is 0 Å². The summed E-state index contributed by atoms with van der Waals surface area (Å²) in [6, 6.07) is 4.11. The van der Waals surface area contributed by atoms with Crippen LogP contribution in [-0.4, -0.2) is 33.9 Å². The molecule has 21 heavy (non-hydrogen) atoms. The molecule has 0 spiro atoms. The first-order valence-electron chi connectivity index (χ1n) is 7.15. The summed E-state index contributed by atoms with van der Waals surface area (Å²) in [4.78, 5) is 23.0. The van der Waals surface area contributed by atoms with E-state index in [2.05, 4.69) is 9.97 Å². The molecule has 6 heteroatoms. The van der Waals surface area contributed by atoms with Gasteiger partial charge in [0.25, 0.3) is 5.91 Å². The summed E-state index contributed by atoms with van der Waals surface area (Å²) in [6.45, 7) is 1.35. The topological polar surface area (TPSA) is 72.1 Å². The summed E-state index contributed by atoms with van der Waals surface area (Å²) < 4.78 is 0. The Hall–Kier alpha value is -1.79. The summed E-state index contributed by atoms with van der Waals surface area (Å²) in [7, 11) is 0. The van der Waals surface area contributed by atoms with Gasteiger partial charge >= 0.3 is 0 Å². The molecule has 2 aromatic rings. The van der Waals surface area contributed by atoms with Gasteiger partial charge in [0.05, 0.1) is 11.0 Å². The molecule has 2 N–H and O–H groups in total. The van der Waals surface area contributed by atoms with E-state index in [9.17, 15) is 4.79 Å². The third kappa shape index (κ3) is 2.96. The molecular weight excluding hydrogens is 284 g/mol. The number of carbonyl (C=O) groups is 1. The fraction of sp³-hybridized carbons (Fsp3) is 0.400. The minimum Gasteiger partial charge on any atom is -0.330 e. The van der Waals surface area contributed by atoms with Gasteiger partial charge in [-0.2, -0.15) is 0 Å². The molecule has 1 aliphatic heterocycles. The predicted octanol–water partition coefficient (Wildman–Crippen LogP) is 2.02. The minimum atomic E-state index is 0.0221.